The molecule has 412 valence electrons. The normalized spacial score (nSPS) is 22.0. The van der Waals surface area contributed by atoms with Gasteiger partial charge in [0.05, 0.1) is 25.5 Å². The molecule has 3 aliphatic heterocycles. The number of aryl methyl sites for hydroxylation is 1. The summed E-state index contributed by atoms with van der Waals surface area (Å²) in [6, 6.07) is 19.1. The average Bonchev–Trinajstić information content (AvgIpc) is 4.32. The maximum atomic E-state index is 15.2. The van der Waals surface area contributed by atoms with Gasteiger partial charge in [-0.3, -0.25) is 28.8 Å². The maximum Gasteiger partial charge on any atom is 0.246 e. The Morgan fingerprint density at radius 2 is 1.70 bits per heavy atom. The van der Waals surface area contributed by atoms with Crippen molar-refractivity contribution in [2.75, 3.05) is 32.5 Å². The van der Waals surface area contributed by atoms with E-state index in [2.05, 4.69) is 36.6 Å². The van der Waals surface area contributed by atoms with Crippen LogP contribution in [0.4, 0.5) is 8.78 Å². The zero-order valence-corrected chi connectivity index (χ0v) is 45.0. The number of fused-ring (bicyclic) bond motifs is 13. The molecule has 5 atom stereocenters. The number of carbonyl (C=O) groups is 6. The monoisotopic (exact) mass is 1100 g/mol. The van der Waals surface area contributed by atoms with Crippen LogP contribution in [0.3, 0.4) is 0 Å². The molecule has 6 amide bonds. The Kier molecular flexibility index (Phi) is 16.1. The summed E-state index contributed by atoms with van der Waals surface area (Å²) in [5, 5.41) is 21.8. The smallest absolute Gasteiger partial charge is 0.246 e. The van der Waals surface area contributed by atoms with Gasteiger partial charge in [0.15, 0.2) is 0 Å². The Morgan fingerprint density at radius 3 is 2.51 bits per heavy atom. The Labute approximate surface area is 459 Å². The van der Waals surface area contributed by atoms with Crippen molar-refractivity contribution >= 4 is 69.0 Å². The molecule has 0 spiro atoms. The second kappa shape index (κ2) is 23.5. The molecule has 2 fully saturated rings. The predicted molar refractivity (Wildman–Crippen MR) is 294 cm³/mol. The molecular weight excluding hydrogens is 1030 g/mol. The second-order valence-corrected chi connectivity index (χ2v) is 21.9. The predicted octanol–water partition coefficient (Wildman–Crippen LogP) is 5.67. The van der Waals surface area contributed by atoms with Gasteiger partial charge in [0.1, 0.15) is 52.8 Å². The largest absolute Gasteiger partial charge is 0.497 e. The number of halogens is 2. The highest BCUT2D eigenvalue weighted by Gasteiger charge is 2.48. The third-order valence-electron chi connectivity index (χ3n) is 15.4. The molecule has 18 nitrogen and oxygen atoms in total. The number of hydrogen-bond acceptors (Lipinski definition) is 10. The fraction of sp³-hybridized carbons (Fsp3) is 0.379. The number of carbonyl (C=O) groups excluding carboxylic acids is 6. The number of nitrogens with one attached hydrogen (secondary N) is 5. The zero-order valence-electron chi connectivity index (χ0n) is 44.2. The van der Waals surface area contributed by atoms with Gasteiger partial charge in [-0.2, -0.15) is 11.8 Å². The van der Waals surface area contributed by atoms with Crippen LogP contribution in [0.25, 0.3) is 27.5 Å². The van der Waals surface area contributed by atoms with Crippen LogP contribution < -0.4 is 26.0 Å². The van der Waals surface area contributed by atoms with Gasteiger partial charge in [-0.25, -0.2) is 13.5 Å². The van der Waals surface area contributed by atoms with Crippen LogP contribution in [0.2, 0.25) is 0 Å². The number of H-pyrrole nitrogens is 1. The Morgan fingerprint density at radius 1 is 0.899 bits per heavy atom. The molecule has 10 rings (SSSR count). The molecule has 21 heteroatoms. The number of benzene rings is 4. The van der Waals surface area contributed by atoms with E-state index in [-0.39, 0.29) is 51.1 Å². The van der Waals surface area contributed by atoms with Crippen LogP contribution in [0.5, 0.6) is 5.75 Å². The summed E-state index contributed by atoms with van der Waals surface area (Å²) < 4.78 is 38.5. The topological polar surface area (TPSA) is 218 Å². The highest BCUT2D eigenvalue weighted by molar-refractivity contribution is 7.98. The molecule has 0 aliphatic carbocycles. The molecule has 4 aromatic carbocycles. The Balaban J connectivity index is 0.961. The molecule has 3 aliphatic rings. The summed E-state index contributed by atoms with van der Waals surface area (Å²) in [6.45, 7) is 4.28. The van der Waals surface area contributed by atoms with E-state index in [1.807, 2.05) is 35.0 Å². The van der Waals surface area contributed by atoms with Gasteiger partial charge in [-0.15, -0.1) is 5.10 Å². The third kappa shape index (κ3) is 12.0. The number of aromatic nitrogens is 5. The van der Waals surface area contributed by atoms with E-state index in [9.17, 15) is 28.4 Å². The van der Waals surface area contributed by atoms with Gasteiger partial charge in [0.25, 0.3) is 0 Å². The fourth-order valence-electron chi connectivity index (χ4n) is 11.1. The second-order valence-electron chi connectivity index (χ2n) is 20.8. The minimum atomic E-state index is -1.24. The number of ether oxygens (including phenoxy) is 1. The minimum Gasteiger partial charge on any atom is -0.497 e. The number of nitrogens with zero attached hydrogens (tertiary/aromatic N) is 6. The van der Waals surface area contributed by atoms with Crippen molar-refractivity contribution in [3.8, 4) is 11.4 Å². The van der Waals surface area contributed by atoms with Gasteiger partial charge in [0, 0.05) is 84.6 Å². The lowest BCUT2D eigenvalue weighted by molar-refractivity contribution is -0.146. The Hall–Kier alpha value is -8.07. The van der Waals surface area contributed by atoms with Crippen molar-refractivity contribution in [3.63, 3.8) is 0 Å². The minimum absolute atomic E-state index is 0.0657. The standard InChI is InChI=1S/C58H63F2N11O7S/c1-35-53(73)65-48(26-36-10-15-44(78-3)16-11-36)56(76)70-23-6-20-58(70,2)57(77)61-21-24-79-34-37-7-4-8-43(25-37)71-33-42(66-67-71)32-68-31-39(46-29-41(60)14-18-50(46)68)27-49(55(75)69-22-5-9-51(69)54(74)63-35)64-52(72)19-12-38-30-62-47-17-13-40(59)28-45(38)47/h4,7-8,10-11,13-18,25,28-31,33,35,48-49,51,62H,5-6,9,12,19-24,26-27,32,34H2,1-3H3,(H,61,77)(H,63,74)(H,64,72)(H,65,73)/t35-,48-,49+,51-,58-/m0/s1. The summed E-state index contributed by atoms with van der Waals surface area (Å²) in [6.07, 6.45) is 7.16. The number of methoxy groups -OCH3 is 1. The lowest BCUT2D eigenvalue weighted by Gasteiger charge is -2.36. The molecule has 5 N–H and O–H groups in total. The first-order valence-corrected chi connectivity index (χ1v) is 27.8. The van der Waals surface area contributed by atoms with E-state index in [4.69, 9.17) is 4.74 Å². The number of hydrogen-bond donors (Lipinski definition) is 5. The molecule has 2 saturated heterocycles. The molecule has 0 radical (unpaired) electrons. The molecule has 0 unspecified atom stereocenters. The van der Waals surface area contributed by atoms with E-state index >= 15 is 9.18 Å². The maximum absolute atomic E-state index is 15.2. The van der Waals surface area contributed by atoms with Gasteiger partial charge in [0.2, 0.25) is 35.4 Å². The summed E-state index contributed by atoms with van der Waals surface area (Å²) in [5.41, 5.74) is 4.54. The van der Waals surface area contributed by atoms with Gasteiger partial charge >= 0.3 is 0 Å². The van der Waals surface area contributed by atoms with Crippen LogP contribution in [0, 0.1) is 11.6 Å². The van der Waals surface area contributed by atoms with Crippen LogP contribution in [-0.4, -0.2) is 132 Å². The van der Waals surface area contributed by atoms with Crippen molar-refractivity contribution in [2.45, 2.75) is 107 Å². The first-order chi connectivity index (χ1) is 38.1. The quantitative estimate of drug-likeness (QED) is 0.132. The number of amides is 6. The van der Waals surface area contributed by atoms with Crippen molar-refractivity contribution in [2.24, 2.45) is 0 Å². The SMILES string of the molecule is COc1ccc(C[C@@H]2NC(=O)[C@H](C)NC(=O)[C@@H]3CCCN3C(=O)[C@H](NC(=O)CCc3c[nH]c4ccc(F)cc34)Cc3cn(c4ccc(F)cc34)Cc3cn(nn3)-c3cccc(c3)CSCCNC(=O)[C@]3(C)CCCN3C2=O)cc1. The number of aromatic amines is 1. The van der Waals surface area contributed by atoms with E-state index in [1.165, 1.54) is 36.1 Å². The Bertz CT molecular complexity index is 3440. The molecule has 6 heterocycles. The highest BCUT2D eigenvalue weighted by atomic mass is 32.2. The lowest BCUT2D eigenvalue weighted by Crippen LogP contribution is -2.61. The van der Waals surface area contributed by atoms with Crippen LogP contribution in [0.15, 0.2) is 104 Å². The van der Waals surface area contributed by atoms with Crippen LogP contribution in [-0.2, 0) is 60.3 Å². The van der Waals surface area contributed by atoms with E-state index in [0.717, 1.165) is 16.8 Å². The van der Waals surface area contributed by atoms with Crippen LogP contribution >= 0.6 is 11.8 Å². The number of rotatable bonds is 7. The van der Waals surface area contributed by atoms with Gasteiger partial charge in [-0.1, -0.05) is 29.5 Å². The van der Waals surface area contributed by atoms with Crippen LogP contribution in [0.1, 0.15) is 73.9 Å². The van der Waals surface area contributed by atoms with Crippen molar-refractivity contribution in [1.82, 2.24) is 55.6 Å². The van der Waals surface area contributed by atoms with Crippen molar-refractivity contribution in [3.05, 3.63) is 143 Å². The van der Waals surface area contributed by atoms with E-state index in [0.29, 0.717) is 88.2 Å². The summed E-state index contributed by atoms with van der Waals surface area (Å²) in [4.78, 5) is 92.7. The molecule has 79 heavy (non-hydrogen) atoms. The van der Waals surface area contributed by atoms with E-state index in [1.54, 1.807) is 84.2 Å². The molecular formula is C58H63F2N11O7S. The first-order valence-electron chi connectivity index (χ1n) is 26.7. The van der Waals surface area contributed by atoms with Crippen molar-refractivity contribution < 1.29 is 42.3 Å². The fourth-order valence-corrected chi connectivity index (χ4v) is 11.9. The molecule has 7 aromatic rings. The summed E-state index contributed by atoms with van der Waals surface area (Å²) in [5.74, 6) is -2.13. The lowest BCUT2D eigenvalue weighted by atomic mass is 9.95. The number of thioether (sulfide) groups is 1. The van der Waals surface area contributed by atoms with Crippen molar-refractivity contribution in [1.29, 1.82) is 0 Å². The zero-order chi connectivity index (χ0) is 55.4. The molecule has 0 saturated carbocycles. The molecule has 3 aromatic heterocycles. The van der Waals surface area contributed by atoms with Gasteiger partial charge in [-0.05, 0) is 129 Å². The van der Waals surface area contributed by atoms with Gasteiger partial charge < -0.3 is 45.4 Å². The highest BCUT2D eigenvalue weighted by Crippen LogP contribution is 2.32. The summed E-state index contributed by atoms with van der Waals surface area (Å²) in [7, 11) is 1.55. The molecule has 6 bridgehead atoms. The first kappa shape index (κ1) is 54.3. The summed E-state index contributed by atoms with van der Waals surface area (Å²) >= 11 is 1.64. The average molecular weight is 1100 g/mol. The van der Waals surface area contributed by atoms with E-state index < -0.39 is 70.9 Å². The third-order valence-corrected chi connectivity index (χ3v) is 16.4.